The normalized spacial score (nSPS) is 12.9. The van der Waals surface area contributed by atoms with Gasteiger partial charge in [-0.25, -0.2) is 4.98 Å². The summed E-state index contributed by atoms with van der Waals surface area (Å²) in [5.74, 6) is 0.0766. The molecule has 1 unspecified atom stereocenters. The number of ketones is 1. The van der Waals surface area contributed by atoms with Crippen LogP contribution in [-0.2, 0) is 4.79 Å². The molecule has 0 fully saturated rings. The van der Waals surface area contributed by atoms with Crippen LogP contribution in [0.5, 0.6) is 0 Å². The fraction of sp³-hybridized carbons (Fsp3) is 0.462. The first-order valence-electron chi connectivity index (χ1n) is 5.88. The van der Waals surface area contributed by atoms with E-state index >= 15 is 0 Å². The molecule has 4 nitrogen and oxygen atoms in total. The number of hydrogen-bond acceptors (Lipinski definition) is 4. The first-order valence-corrected chi connectivity index (χ1v) is 6.69. The van der Waals surface area contributed by atoms with Crippen molar-refractivity contribution < 1.29 is 4.79 Å². The fourth-order valence-electron chi connectivity index (χ4n) is 2.08. The monoisotopic (exact) mass is 264 g/mol. The number of nitrogens with zero attached hydrogens (tertiary/aromatic N) is 2. The van der Waals surface area contributed by atoms with Crippen molar-refractivity contribution in [3.8, 4) is 0 Å². The number of rotatable bonds is 3. The van der Waals surface area contributed by atoms with Gasteiger partial charge in [-0.1, -0.05) is 0 Å². The van der Waals surface area contributed by atoms with Gasteiger partial charge in [0.25, 0.3) is 5.56 Å². The molecule has 0 bridgehead atoms. The minimum Gasteiger partial charge on any atom is -0.300 e. The number of carbonyl (C=O) groups is 1. The van der Waals surface area contributed by atoms with E-state index in [1.165, 1.54) is 18.3 Å². The van der Waals surface area contributed by atoms with Gasteiger partial charge in [-0.3, -0.25) is 14.2 Å². The molecule has 2 rings (SSSR count). The van der Waals surface area contributed by atoms with Crippen molar-refractivity contribution in [2.75, 3.05) is 0 Å². The van der Waals surface area contributed by atoms with Crippen molar-refractivity contribution in [1.29, 1.82) is 0 Å². The van der Waals surface area contributed by atoms with Crippen LogP contribution >= 0.6 is 11.3 Å². The van der Waals surface area contributed by atoms with Gasteiger partial charge in [-0.2, -0.15) is 0 Å². The van der Waals surface area contributed by atoms with Crippen LogP contribution in [0.15, 0.2) is 11.1 Å². The maximum atomic E-state index is 12.4. The van der Waals surface area contributed by atoms with E-state index in [1.807, 2.05) is 20.8 Å². The molecular weight excluding hydrogens is 248 g/mol. The summed E-state index contributed by atoms with van der Waals surface area (Å²) >= 11 is 1.54. The summed E-state index contributed by atoms with van der Waals surface area (Å²) in [6.45, 7) is 7.33. The lowest BCUT2D eigenvalue weighted by Crippen LogP contribution is -2.24. The minimum absolute atomic E-state index is 0.0457. The number of aromatic nitrogens is 2. The second-order valence-electron chi connectivity index (χ2n) is 4.68. The molecule has 5 heteroatoms. The summed E-state index contributed by atoms with van der Waals surface area (Å²) < 4.78 is 1.56. The summed E-state index contributed by atoms with van der Waals surface area (Å²) in [6.07, 6.45) is 1.91. The van der Waals surface area contributed by atoms with Gasteiger partial charge in [-0.05, 0) is 33.3 Å². The number of carbonyl (C=O) groups excluding carboxylic acids is 1. The highest BCUT2D eigenvalue weighted by atomic mass is 32.1. The van der Waals surface area contributed by atoms with E-state index in [4.69, 9.17) is 0 Å². The predicted octanol–water partition coefficient (Wildman–Crippen LogP) is 2.61. The van der Waals surface area contributed by atoms with Crippen molar-refractivity contribution in [3.63, 3.8) is 0 Å². The Morgan fingerprint density at radius 3 is 2.78 bits per heavy atom. The number of Topliss-reactive ketones (excluding diaryl/α,β-unsaturated/α-hetero) is 1. The van der Waals surface area contributed by atoms with Gasteiger partial charge in [0.1, 0.15) is 10.6 Å². The molecule has 0 aliphatic carbocycles. The highest BCUT2D eigenvalue weighted by Gasteiger charge is 2.15. The Balaban J connectivity index is 2.61. The van der Waals surface area contributed by atoms with E-state index in [0.717, 1.165) is 15.3 Å². The topological polar surface area (TPSA) is 52.0 Å². The molecule has 2 aromatic rings. The Labute approximate surface area is 109 Å². The van der Waals surface area contributed by atoms with Gasteiger partial charge in [0.15, 0.2) is 0 Å². The lowest BCUT2D eigenvalue weighted by molar-refractivity contribution is -0.117. The Bertz CT molecular complexity index is 669. The standard InChI is InChI=1S/C13H16N2O2S/c1-7(5-8(2)16)15-6-14-12-11(13(15)17)9(3)10(4)18-12/h6-7H,5H2,1-4H3. The Morgan fingerprint density at radius 2 is 2.17 bits per heavy atom. The van der Waals surface area contributed by atoms with Crippen molar-refractivity contribution in [2.24, 2.45) is 0 Å². The summed E-state index contributed by atoms with van der Waals surface area (Å²) in [5, 5.41) is 0.690. The van der Waals surface area contributed by atoms with E-state index in [-0.39, 0.29) is 17.4 Å². The molecule has 1 atom stereocenters. The van der Waals surface area contributed by atoms with E-state index < -0.39 is 0 Å². The summed E-state index contributed by atoms with van der Waals surface area (Å²) in [7, 11) is 0. The zero-order valence-corrected chi connectivity index (χ0v) is 11.8. The van der Waals surface area contributed by atoms with E-state index in [1.54, 1.807) is 10.9 Å². The van der Waals surface area contributed by atoms with E-state index in [2.05, 4.69) is 4.98 Å². The fourth-order valence-corrected chi connectivity index (χ4v) is 3.06. The van der Waals surface area contributed by atoms with Crippen molar-refractivity contribution in [1.82, 2.24) is 9.55 Å². The van der Waals surface area contributed by atoms with E-state index in [0.29, 0.717) is 11.8 Å². The molecule has 0 saturated heterocycles. The van der Waals surface area contributed by atoms with Gasteiger partial charge in [0, 0.05) is 17.3 Å². The van der Waals surface area contributed by atoms with Crippen LogP contribution < -0.4 is 5.56 Å². The van der Waals surface area contributed by atoms with Gasteiger partial charge in [0.2, 0.25) is 0 Å². The van der Waals surface area contributed by atoms with Crippen molar-refractivity contribution in [3.05, 3.63) is 27.1 Å². The average molecular weight is 264 g/mol. The predicted molar refractivity (Wildman–Crippen MR) is 73.4 cm³/mol. The maximum absolute atomic E-state index is 12.4. The highest BCUT2D eigenvalue weighted by molar-refractivity contribution is 7.18. The lowest BCUT2D eigenvalue weighted by Gasteiger charge is -2.12. The van der Waals surface area contributed by atoms with E-state index in [9.17, 15) is 9.59 Å². The molecule has 18 heavy (non-hydrogen) atoms. The largest absolute Gasteiger partial charge is 0.300 e. The maximum Gasteiger partial charge on any atom is 0.262 e. The van der Waals surface area contributed by atoms with Gasteiger partial charge in [0.05, 0.1) is 11.7 Å². The summed E-state index contributed by atoms with van der Waals surface area (Å²) in [5.41, 5.74) is 0.951. The third-order valence-electron chi connectivity index (χ3n) is 3.17. The molecule has 0 spiro atoms. The molecule has 2 aromatic heterocycles. The van der Waals surface area contributed by atoms with Crippen LogP contribution in [0.2, 0.25) is 0 Å². The minimum atomic E-state index is -0.147. The van der Waals surface area contributed by atoms with Gasteiger partial charge in [-0.15, -0.1) is 11.3 Å². The second-order valence-corrected chi connectivity index (χ2v) is 5.88. The number of thiophene rings is 1. The molecular formula is C13H16N2O2S. The zero-order chi connectivity index (χ0) is 13.4. The first kappa shape index (κ1) is 13.0. The SMILES string of the molecule is CC(=O)CC(C)n1cnc2sc(C)c(C)c2c1=O. The van der Waals surface area contributed by atoms with Crippen LogP contribution in [0.3, 0.4) is 0 Å². The Hall–Kier alpha value is -1.49. The molecule has 0 aliphatic heterocycles. The van der Waals surface area contributed by atoms with Crippen LogP contribution in [0, 0.1) is 13.8 Å². The quantitative estimate of drug-likeness (QED) is 0.856. The second kappa shape index (κ2) is 4.65. The molecule has 96 valence electrons. The number of fused-ring (bicyclic) bond motifs is 1. The van der Waals surface area contributed by atoms with Crippen molar-refractivity contribution >= 4 is 27.3 Å². The first-order chi connectivity index (χ1) is 8.41. The molecule has 0 aliphatic rings. The molecule has 2 heterocycles. The third kappa shape index (κ3) is 2.10. The van der Waals surface area contributed by atoms with Crippen LogP contribution in [-0.4, -0.2) is 15.3 Å². The molecule has 0 aromatic carbocycles. The number of aryl methyl sites for hydroxylation is 2. The van der Waals surface area contributed by atoms with Crippen LogP contribution in [0.4, 0.5) is 0 Å². The Morgan fingerprint density at radius 1 is 1.50 bits per heavy atom. The van der Waals surface area contributed by atoms with Crippen molar-refractivity contribution in [2.45, 2.75) is 40.2 Å². The Kier molecular flexibility index (Phi) is 3.34. The molecule has 0 N–H and O–H groups in total. The highest BCUT2D eigenvalue weighted by Crippen LogP contribution is 2.26. The third-order valence-corrected chi connectivity index (χ3v) is 4.29. The summed E-state index contributed by atoms with van der Waals surface area (Å²) in [4.78, 5) is 29.8. The lowest BCUT2D eigenvalue weighted by atomic mass is 10.1. The summed E-state index contributed by atoms with van der Waals surface area (Å²) in [6, 6.07) is -0.147. The zero-order valence-electron chi connectivity index (χ0n) is 11.0. The smallest absolute Gasteiger partial charge is 0.262 e. The van der Waals surface area contributed by atoms with Crippen LogP contribution in [0.25, 0.3) is 10.2 Å². The molecule has 0 saturated carbocycles. The average Bonchev–Trinajstić information content (AvgIpc) is 2.54. The molecule has 0 amide bonds. The number of hydrogen-bond donors (Lipinski definition) is 0. The molecule has 0 radical (unpaired) electrons. The van der Waals surface area contributed by atoms with Gasteiger partial charge < -0.3 is 0 Å². The van der Waals surface area contributed by atoms with Gasteiger partial charge >= 0.3 is 0 Å². The van der Waals surface area contributed by atoms with Crippen LogP contribution in [0.1, 0.15) is 36.8 Å².